The number of hydrogen-bond acceptors (Lipinski definition) is 3. The second-order valence-electron chi connectivity index (χ2n) is 6.36. The highest BCUT2D eigenvalue weighted by Crippen LogP contribution is 2.33. The van der Waals surface area contributed by atoms with E-state index in [0.29, 0.717) is 30.6 Å². The summed E-state index contributed by atoms with van der Waals surface area (Å²) in [6.45, 7) is 6.18. The van der Waals surface area contributed by atoms with Gasteiger partial charge in [-0.25, -0.2) is 0 Å². The molecule has 1 N–H and O–H groups in total. The number of carbonyl (C=O) groups excluding carboxylic acids is 1. The maximum absolute atomic E-state index is 12.3. The van der Waals surface area contributed by atoms with E-state index in [1.54, 1.807) is 0 Å². The molecule has 4 nitrogen and oxygen atoms in total. The molecule has 19 heavy (non-hydrogen) atoms. The largest absolute Gasteiger partial charge is 0.321 e. The van der Waals surface area contributed by atoms with Crippen molar-refractivity contribution < 1.29 is 4.79 Å². The van der Waals surface area contributed by atoms with Gasteiger partial charge in [0.15, 0.2) is 0 Å². The van der Waals surface area contributed by atoms with Gasteiger partial charge in [0.2, 0.25) is 5.91 Å². The second-order valence-corrected chi connectivity index (χ2v) is 6.36. The fourth-order valence-electron chi connectivity index (χ4n) is 4.18. The van der Waals surface area contributed by atoms with E-state index in [9.17, 15) is 4.79 Å². The summed E-state index contributed by atoms with van der Waals surface area (Å²) in [5.74, 6) is 1.03. The zero-order valence-electron chi connectivity index (χ0n) is 12.1. The van der Waals surface area contributed by atoms with Gasteiger partial charge in [-0.2, -0.15) is 0 Å². The van der Waals surface area contributed by atoms with Gasteiger partial charge >= 0.3 is 0 Å². The van der Waals surface area contributed by atoms with E-state index in [0.717, 1.165) is 13.1 Å². The van der Waals surface area contributed by atoms with Gasteiger partial charge < -0.3 is 9.80 Å². The molecule has 0 aromatic carbocycles. The van der Waals surface area contributed by atoms with Crippen molar-refractivity contribution in [2.45, 2.75) is 57.7 Å². The zero-order valence-corrected chi connectivity index (χ0v) is 12.1. The summed E-state index contributed by atoms with van der Waals surface area (Å²) in [6.07, 6.45) is 8.04. The number of piperidine rings is 1. The van der Waals surface area contributed by atoms with Crippen molar-refractivity contribution in [2.75, 3.05) is 26.2 Å². The van der Waals surface area contributed by atoms with Crippen molar-refractivity contribution in [1.82, 2.24) is 15.1 Å². The van der Waals surface area contributed by atoms with Crippen molar-refractivity contribution >= 4 is 5.91 Å². The molecule has 0 aromatic heterocycles. The fourth-order valence-corrected chi connectivity index (χ4v) is 4.18. The Bertz CT molecular complexity index is 327. The Labute approximate surface area is 116 Å². The number of amides is 1. The van der Waals surface area contributed by atoms with Crippen molar-refractivity contribution in [2.24, 2.45) is 5.92 Å². The number of carbonyl (C=O) groups is 1. The van der Waals surface area contributed by atoms with Crippen LogP contribution < -0.4 is 5.32 Å². The molecule has 2 unspecified atom stereocenters. The molecule has 2 heterocycles. The molecule has 3 rings (SSSR count). The minimum Gasteiger partial charge on any atom is -0.321 e. The van der Waals surface area contributed by atoms with E-state index in [1.807, 2.05) is 0 Å². The number of hydrogen-bond donors (Lipinski definition) is 1. The van der Waals surface area contributed by atoms with E-state index in [-0.39, 0.29) is 0 Å². The first-order chi connectivity index (χ1) is 9.29. The van der Waals surface area contributed by atoms with Crippen LogP contribution in [0.4, 0.5) is 0 Å². The molecule has 3 fully saturated rings. The Morgan fingerprint density at radius 1 is 1.21 bits per heavy atom. The first-order valence-corrected chi connectivity index (χ1v) is 8.06. The smallest absolute Gasteiger partial charge is 0.238 e. The SMILES string of the molecule is CCN1CCCC(N2C(=O)CNC2C2CCCC2)C1. The lowest BCUT2D eigenvalue weighted by atomic mass is 9.99. The monoisotopic (exact) mass is 265 g/mol. The van der Waals surface area contributed by atoms with Gasteiger partial charge in [0.25, 0.3) is 0 Å². The van der Waals surface area contributed by atoms with Crippen LogP contribution in [0.3, 0.4) is 0 Å². The highest BCUT2D eigenvalue weighted by atomic mass is 16.2. The number of likely N-dealkylation sites (N-methyl/N-ethyl adjacent to an activating group) is 1. The molecule has 0 aromatic rings. The van der Waals surface area contributed by atoms with Crippen LogP contribution in [0, 0.1) is 5.92 Å². The third-order valence-corrected chi connectivity index (χ3v) is 5.22. The molecule has 4 heteroatoms. The fraction of sp³-hybridized carbons (Fsp3) is 0.933. The Hall–Kier alpha value is -0.610. The Kier molecular flexibility index (Phi) is 4.08. The lowest BCUT2D eigenvalue weighted by Crippen LogP contribution is -2.54. The first-order valence-electron chi connectivity index (χ1n) is 8.06. The summed E-state index contributed by atoms with van der Waals surface area (Å²) in [5.41, 5.74) is 0. The topological polar surface area (TPSA) is 35.6 Å². The van der Waals surface area contributed by atoms with E-state index in [1.165, 1.54) is 45.1 Å². The van der Waals surface area contributed by atoms with Gasteiger partial charge in [-0.15, -0.1) is 0 Å². The average Bonchev–Trinajstić information content (AvgIpc) is 3.07. The summed E-state index contributed by atoms with van der Waals surface area (Å²) < 4.78 is 0. The molecule has 108 valence electrons. The molecule has 0 radical (unpaired) electrons. The number of nitrogens with zero attached hydrogens (tertiary/aromatic N) is 2. The summed E-state index contributed by atoms with van der Waals surface area (Å²) >= 11 is 0. The van der Waals surface area contributed by atoms with Crippen LogP contribution in [0.5, 0.6) is 0 Å². The number of nitrogens with one attached hydrogen (secondary N) is 1. The maximum atomic E-state index is 12.3. The number of likely N-dealkylation sites (tertiary alicyclic amines) is 1. The maximum Gasteiger partial charge on any atom is 0.238 e. The summed E-state index contributed by atoms with van der Waals surface area (Å²) in [4.78, 5) is 17.0. The molecule has 2 atom stereocenters. The van der Waals surface area contributed by atoms with E-state index >= 15 is 0 Å². The van der Waals surface area contributed by atoms with Gasteiger partial charge in [-0.3, -0.25) is 10.1 Å². The van der Waals surface area contributed by atoms with Crippen molar-refractivity contribution in [3.63, 3.8) is 0 Å². The van der Waals surface area contributed by atoms with Crippen LogP contribution in [-0.2, 0) is 4.79 Å². The van der Waals surface area contributed by atoms with Crippen molar-refractivity contribution in [1.29, 1.82) is 0 Å². The van der Waals surface area contributed by atoms with Crippen LogP contribution >= 0.6 is 0 Å². The summed E-state index contributed by atoms with van der Waals surface area (Å²) in [5, 5.41) is 3.49. The van der Waals surface area contributed by atoms with Gasteiger partial charge in [0, 0.05) is 12.6 Å². The highest BCUT2D eigenvalue weighted by molar-refractivity contribution is 5.81. The molecular formula is C15H27N3O. The highest BCUT2D eigenvalue weighted by Gasteiger charge is 2.41. The van der Waals surface area contributed by atoms with Crippen LogP contribution in [0.1, 0.15) is 45.4 Å². The predicted octanol–water partition coefficient (Wildman–Crippen LogP) is 1.42. The van der Waals surface area contributed by atoms with Crippen molar-refractivity contribution in [3.05, 3.63) is 0 Å². The van der Waals surface area contributed by atoms with Crippen molar-refractivity contribution in [3.8, 4) is 0 Å². The molecular weight excluding hydrogens is 238 g/mol. The molecule has 2 aliphatic heterocycles. The second kappa shape index (κ2) is 5.80. The molecule has 1 aliphatic carbocycles. The Morgan fingerprint density at radius 2 is 2.00 bits per heavy atom. The van der Waals surface area contributed by atoms with Crippen LogP contribution in [0.15, 0.2) is 0 Å². The number of rotatable bonds is 3. The summed E-state index contributed by atoms with van der Waals surface area (Å²) in [7, 11) is 0. The van der Waals surface area contributed by atoms with Gasteiger partial charge in [-0.1, -0.05) is 19.8 Å². The average molecular weight is 265 g/mol. The first kappa shape index (κ1) is 13.4. The Balaban J connectivity index is 1.70. The van der Waals surface area contributed by atoms with Crippen LogP contribution in [-0.4, -0.2) is 54.1 Å². The van der Waals surface area contributed by atoms with Crippen LogP contribution in [0.2, 0.25) is 0 Å². The predicted molar refractivity (Wildman–Crippen MR) is 75.7 cm³/mol. The third-order valence-electron chi connectivity index (χ3n) is 5.22. The standard InChI is InChI=1S/C15H27N3O/c1-2-17-9-5-8-13(11-17)18-14(19)10-16-15(18)12-6-3-4-7-12/h12-13,15-16H,2-11H2,1H3. The van der Waals surface area contributed by atoms with E-state index in [2.05, 4.69) is 22.0 Å². The molecule has 0 spiro atoms. The van der Waals surface area contributed by atoms with Gasteiger partial charge in [0.05, 0.1) is 12.7 Å². The minimum atomic E-state index is 0.330. The minimum absolute atomic E-state index is 0.330. The lowest BCUT2D eigenvalue weighted by Gasteiger charge is -2.41. The van der Waals surface area contributed by atoms with E-state index in [4.69, 9.17) is 0 Å². The van der Waals surface area contributed by atoms with Crippen LogP contribution in [0.25, 0.3) is 0 Å². The zero-order chi connectivity index (χ0) is 13.2. The van der Waals surface area contributed by atoms with Gasteiger partial charge in [0.1, 0.15) is 0 Å². The molecule has 1 saturated carbocycles. The third kappa shape index (κ3) is 2.65. The molecule has 2 saturated heterocycles. The molecule has 3 aliphatic rings. The van der Waals surface area contributed by atoms with Gasteiger partial charge in [-0.05, 0) is 44.7 Å². The quantitative estimate of drug-likeness (QED) is 0.838. The summed E-state index contributed by atoms with van der Waals surface area (Å²) in [6, 6.07) is 0.446. The molecule has 0 bridgehead atoms. The Morgan fingerprint density at radius 3 is 2.74 bits per heavy atom. The molecule has 1 amide bonds. The normalized spacial score (nSPS) is 34.4. The van der Waals surface area contributed by atoms with E-state index < -0.39 is 0 Å². The lowest BCUT2D eigenvalue weighted by molar-refractivity contribution is -0.132.